The Kier molecular flexibility index (Phi) is 2.38. The van der Waals surface area contributed by atoms with Crippen molar-refractivity contribution in [2.45, 2.75) is 0 Å². The van der Waals surface area contributed by atoms with Crippen molar-refractivity contribution in [2.75, 3.05) is 0 Å². The van der Waals surface area contributed by atoms with Crippen LogP contribution in [-0.4, -0.2) is 15.5 Å². The molecule has 0 spiro atoms. The van der Waals surface area contributed by atoms with Gasteiger partial charge in [-0.05, 0) is 35.4 Å². The maximum absolute atomic E-state index is 11.0. The molecule has 2 heterocycles. The summed E-state index contributed by atoms with van der Waals surface area (Å²) in [6.07, 6.45) is 1.79. The van der Waals surface area contributed by atoms with Crippen LogP contribution >= 0.6 is 0 Å². The van der Waals surface area contributed by atoms with Crippen LogP contribution in [0.1, 0.15) is 10.5 Å². The average molecular weight is 237 g/mol. The highest BCUT2D eigenvalue weighted by Gasteiger charge is 2.09. The van der Waals surface area contributed by atoms with E-state index in [0.717, 1.165) is 16.6 Å². The molecule has 0 aliphatic heterocycles. The van der Waals surface area contributed by atoms with Gasteiger partial charge >= 0.3 is 5.97 Å². The molecule has 0 saturated carbocycles. The molecule has 0 aliphatic rings. The molecule has 88 valence electrons. The van der Waals surface area contributed by atoms with Crippen molar-refractivity contribution in [1.82, 2.24) is 4.40 Å². The summed E-state index contributed by atoms with van der Waals surface area (Å²) in [6, 6.07) is 17.4. The van der Waals surface area contributed by atoms with E-state index >= 15 is 0 Å². The summed E-state index contributed by atoms with van der Waals surface area (Å²) >= 11 is 0. The normalized spacial score (nSPS) is 10.7. The molecular formula is C15H11NO2. The fourth-order valence-electron chi connectivity index (χ4n) is 2.09. The maximum atomic E-state index is 11.0. The fourth-order valence-corrected chi connectivity index (χ4v) is 2.09. The van der Waals surface area contributed by atoms with Gasteiger partial charge in [0.15, 0.2) is 0 Å². The minimum absolute atomic E-state index is 0.282. The molecular weight excluding hydrogens is 226 g/mol. The lowest BCUT2D eigenvalue weighted by Gasteiger charge is -2.04. The third-order valence-electron chi connectivity index (χ3n) is 2.98. The Labute approximate surface area is 104 Å². The van der Waals surface area contributed by atoms with Crippen molar-refractivity contribution in [3.63, 3.8) is 0 Å². The molecule has 3 rings (SSSR count). The summed E-state index contributed by atoms with van der Waals surface area (Å²) in [6.45, 7) is 0. The molecule has 2 aromatic heterocycles. The van der Waals surface area contributed by atoms with E-state index in [2.05, 4.69) is 0 Å². The van der Waals surface area contributed by atoms with Gasteiger partial charge in [-0.2, -0.15) is 0 Å². The highest BCUT2D eigenvalue weighted by Crippen LogP contribution is 2.22. The molecule has 0 amide bonds. The van der Waals surface area contributed by atoms with Crippen molar-refractivity contribution < 1.29 is 9.90 Å². The van der Waals surface area contributed by atoms with Gasteiger partial charge < -0.3 is 9.51 Å². The first-order chi connectivity index (χ1) is 8.75. The number of aromatic carboxylic acids is 1. The summed E-state index contributed by atoms with van der Waals surface area (Å²) in [5.41, 5.74) is 3.37. The number of rotatable bonds is 2. The predicted molar refractivity (Wildman–Crippen MR) is 69.8 cm³/mol. The lowest BCUT2D eigenvalue weighted by atomic mass is 10.1. The van der Waals surface area contributed by atoms with Crippen LogP contribution < -0.4 is 0 Å². The second-order valence-corrected chi connectivity index (χ2v) is 4.10. The van der Waals surface area contributed by atoms with E-state index in [1.54, 1.807) is 16.7 Å². The van der Waals surface area contributed by atoms with Gasteiger partial charge in [-0.1, -0.05) is 30.3 Å². The molecule has 0 unspecified atom stereocenters. The molecule has 0 saturated heterocycles. The largest absolute Gasteiger partial charge is 0.477 e. The van der Waals surface area contributed by atoms with Gasteiger partial charge in [-0.3, -0.25) is 0 Å². The molecule has 3 heteroatoms. The third kappa shape index (κ3) is 1.66. The minimum atomic E-state index is -0.914. The number of carbonyl (C=O) groups is 1. The van der Waals surface area contributed by atoms with Gasteiger partial charge in [0.05, 0.1) is 0 Å². The zero-order valence-electron chi connectivity index (χ0n) is 9.58. The highest BCUT2D eigenvalue weighted by atomic mass is 16.4. The SMILES string of the molecule is O=C(O)c1ccc2cc(-c3ccccc3)ccn12. The third-order valence-corrected chi connectivity index (χ3v) is 2.98. The van der Waals surface area contributed by atoms with E-state index in [1.165, 1.54) is 0 Å². The number of benzene rings is 1. The van der Waals surface area contributed by atoms with E-state index in [-0.39, 0.29) is 5.69 Å². The first-order valence-corrected chi connectivity index (χ1v) is 5.65. The fraction of sp³-hybridized carbons (Fsp3) is 0. The number of hydrogen-bond acceptors (Lipinski definition) is 1. The van der Waals surface area contributed by atoms with Crippen molar-refractivity contribution in [2.24, 2.45) is 0 Å². The summed E-state index contributed by atoms with van der Waals surface area (Å²) < 4.78 is 1.68. The van der Waals surface area contributed by atoms with Crippen LogP contribution in [0.3, 0.4) is 0 Å². The summed E-state index contributed by atoms with van der Waals surface area (Å²) in [5, 5.41) is 9.04. The number of nitrogens with zero attached hydrogens (tertiary/aromatic N) is 1. The van der Waals surface area contributed by atoms with Gasteiger partial charge in [-0.15, -0.1) is 0 Å². The number of carboxylic acids is 1. The maximum Gasteiger partial charge on any atom is 0.352 e. The number of fused-ring (bicyclic) bond motifs is 1. The molecule has 1 aromatic carbocycles. The van der Waals surface area contributed by atoms with Gasteiger partial charge in [0.1, 0.15) is 5.69 Å². The van der Waals surface area contributed by atoms with Crippen LogP contribution in [0.15, 0.2) is 60.8 Å². The van der Waals surface area contributed by atoms with E-state index < -0.39 is 5.97 Å². The number of hydrogen-bond donors (Lipinski definition) is 1. The van der Waals surface area contributed by atoms with Crippen molar-refractivity contribution in [1.29, 1.82) is 0 Å². The summed E-state index contributed by atoms with van der Waals surface area (Å²) in [5.74, 6) is -0.914. The molecule has 3 aromatic rings. The lowest BCUT2D eigenvalue weighted by Crippen LogP contribution is -2.00. The van der Waals surface area contributed by atoms with Crippen molar-refractivity contribution >= 4 is 11.5 Å². The van der Waals surface area contributed by atoms with Crippen LogP contribution in [0.25, 0.3) is 16.6 Å². The quantitative estimate of drug-likeness (QED) is 0.743. The Morgan fingerprint density at radius 3 is 2.44 bits per heavy atom. The zero-order valence-corrected chi connectivity index (χ0v) is 9.58. The summed E-state index contributed by atoms with van der Waals surface area (Å²) in [7, 11) is 0. The smallest absolute Gasteiger partial charge is 0.352 e. The first kappa shape index (κ1) is 10.6. The molecule has 0 atom stereocenters. The van der Waals surface area contributed by atoms with Crippen LogP contribution in [0, 0.1) is 0 Å². The van der Waals surface area contributed by atoms with E-state index in [0.29, 0.717) is 0 Å². The standard InChI is InChI=1S/C15H11NO2/c17-15(18)14-7-6-13-10-12(8-9-16(13)14)11-4-2-1-3-5-11/h1-10H,(H,17,18). The summed E-state index contributed by atoms with van der Waals surface area (Å²) in [4.78, 5) is 11.0. The van der Waals surface area contributed by atoms with Crippen LogP contribution in [0.2, 0.25) is 0 Å². The van der Waals surface area contributed by atoms with Gasteiger partial charge in [0, 0.05) is 11.7 Å². The molecule has 18 heavy (non-hydrogen) atoms. The Morgan fingerprint density at radius 1 is 0.944 bits per heavy atom. The van der Waals surface area contributed by atoms with E-state index in [9.17, 15) is 4.79 Å². The molecule has 0 fully saturated rings. The Balaban J connectivity index is 2.16. The van der Waals surface area contributed by atoms with Crippen molar-refractivity contribution in [3.05, 3.63) is 66.5 Å². The molecule has 0 radical (unpaired) electrons. The molecule has 0 aliphatic carbocycles. The number of pyridine rings is 1. The highest BCUT2D eigenvalue weighted by molar-refractivity contribution is 5.88. The molecule has 0 bridgehead atoms. The second kappa shape index (κ2) is 4.04. The molecule has 1 N–H and O–H groups in total. The Morgan fingerprint density at radius 2 is 1.72 bits per heavy atom. The number of carboxylic acid groups (broad SMARTS) is 1. The second-order valence-electron chi connectivity index (χ2n) is 4.10. The Bertz CT molecular complexity index is 714. The van der Waals surface area contributed by atoms with Gasteiger partial charge in [0.25, 0.3) is 0 Å². The lowest BCUT2D eigenvalue weighted by molar-refractivity contribution is 0.0689. The van der Waals surface area contributed by atoms with Crippen LogP contribution in [0.5, 0.6) is 0 Å². The van der Waals surface area contributed by atoms with Crippen LogP contribution in [-0.2, 0) is 0 Å². The topological polar surface area (TPSA) is 41.7 Å². The van der Waals surface area contributed by atoms with Gasteiger partial charge in [-0.25, -0.2) is 4.79 Å². The van der Waals surface area contributed by atoms with Gasteiger partial charge in [0.2, 0.25) is 0 Å². The van der Waals surface area contributed by atoms with Crippen LogP contribution in [0.4, 0.5) is 0 Å². The predicted octanol–water partition coefficient (Wildman–Crippen LogP) is 3.30. The monoisotopic (exact) mass is 237 g/mol. The zero-order chi connectivity index (χ0) is 12.5. The Hall–Kier alpha value is -2.55. The average Bonchev–Trinajstić information content (AvgIpc) is 2.82. The van der Waals surface area contributed by atoms with E-state index in [1.807, 2.05) is 48.5 Å². The molecule has 3 nitrogen and oxygen atoms in total. The minimum Gasteiger partial charge on any atom is -0.477 e. The van der Waals surface area contributed by atoms with Crippen molar-refractivity contribution in [3.8, 4) is 11.1 Å². The van der Waals surface area contributed by atoms with E-state index in [4.69, 9.17) is 5.11 Å². The number of aromatic nitrogens is 1. The first-order valence-electron chi connectivity index (χ1n) is 5.65.